The molecule has 5 nitrogen and oxygen atoms in total. The lowest BCUT2D eigenvalue weighted by Crippen LogP contribution is -2.39. The summed E-state index contributed by atoms with van der Waals surface area (Å²) in [5, 5.41) is 13.5. The van der Waals surface area contributed by atoms with Crippen molar-refractivity contribution in [1.29, 1.82) is 0 Å². The summed E-state index contributed by atoms with van der Waals surface area (Å²) >= 11 is 0. The van der Waals surface area contributed by atoms with Crippen molar-refractivity contribution in [3.63, 3.8) is 0 Å². The molecule has 0 aliphatic carbocycles. The fourth-order valence-electron chi connectivity index (χ4n) is 1.33. The molecule has 1 atom stereocenters. The van der Waals surface area contributed by atoms with Crippen LogP contribution in [0.15, 0.2) is 12.4 Å². The van der Waals surface area contributed by atoms with Crippen LogP contribution in [0.4, 0.5) is 0 Å². The molecule has 0 aliphatic heterocycles. The predicted molar refractivity (Wildman–Crippen MR) is 61.3 cm³/mol. The number of nitrogens with one attached hydrogen (secondary N) is 1. The largest absolute Gasteiger partial charge is 0.480 e. The summed E-state index contributed by atoms with van der Waals surface area (Å²) in [5.41, 5.74) is -0.644. The third kappa shape index (κ3) is 3.15. The summed E-state index contributed by atoms with van der Waals surface area (Å²) in [5.74, 6) is 0.359. The average molecular weight is 225 g/mol. The Kier molecular flexibility index (Phi) is 4.20. The van der Waals surface area contributed by atoms with Gasteiger partial charge in [-0.15, -0.1) is 0 Å². The normalized spacial score (nSPS) is 14.9. The Balaban J connectivity index is 2.88. The molecule has 1 unspecified atom stereocenters. The Morgan fingerprint density at radius 2 is 2.06 bits per heavy atom. The molecule has 0 amide bonds. The number of rotatable bonds is 5. The van der Waals surface area contributed by atoms with Crippen LogP contribution in [0.25, 0.3) is 0 Å². The topological polar surface area (TPSA) is 67.3 Å². The molecule has 1 aromatic heterocycles. The highest BCUT2D eigenvalue weighted by Crippen LogP contribution is 2.24. The van der Waals surface area contributed by atoms with Crippen LogP contribution in [0.5, 0.6) is 5.88 Å². The highest BCUT2D eigenvalue weighted by molar-refractivity contribution is 5.23. The van der Waals surface area contributed by atoms with Crippen molar-refractivity contribution >= 4 is 0 Å². The first kappa shape index (κ1) is 12.9. The van der Waals surface area contributed by atoms with E-state index in [0.717, 1.165) is 0 Å². The van der Waals surface area contributed by atoms with Gasteiger partial charge in [0, 0.05) is 25.0 Å². The minimum Gasteiger partial charge on any atom is -0.480 e. The molecule has 0 aliphatic rings. The van der Waals surface area contributed by atoms with Crippen LogP contribution in [0, 0.1) is 0 Å². The summed E-state index contributed by atoms with van der Waals surface area (Å²) in [6.45, 7) is 6.13. The second-order valence-electron chi connectivity index (χ2n) is 4.22. The van der Waals surface area contributed by atoms with E-state index in [0.29, 0.717) is 24.2 Å². The molecule has 1 rings (SSSR count). The molecule has 1 aromatic rings. The zero-order valence-electron chi connectivity index (χ0n) is 10.2. The molecule has 0 saturated carbocycles. The van der Waals surface area contributed by atoms with Gasteiger partial charge in [-0.2, -0.15) is 0 Å². The number of hydrogen-bond donors (Lipinski definition) is 2. The molecule has 90 valence electrons. The number of ether oxygens (including phenoxy) is 1. The lowest BCUT2D eigenvalue weighted by atomic mass is 10.0. The number of hydrogen-bond acceptors (Lipinski definition) is 5. The second-order valence-corrected chi connectivity index (χ2v) is 4.22. The Morgan fingerprint density at radius 1 is 1.44 bits per heavy atom. The monoisotopic (exact) mass is 225 g/mol. The molecule has 0 aromatic carbocycles. The third-order valence-electron chi connectivity index (χ3n) is 2.22. The van der Waals surface area contributed by atoms with E-state index < -0.39 is 5.60 Å². The van der Waals surface area contributed by atoms with Gasteiger partial charge in [-0.1, -0.05) is 13.8 Å². The quantitative estimate of drug-likeness (QED) is 0.771. The maximum atomic E-state index is 10.3. The number of nitrogens with zero attached hydrogens (tertiary/aromatic N) is 2. The Morgan fingerprint density at radius 3 is 2.62 bits per heavy atom. The van der Waals surface area contributed by atoms with Crippen molar-refractivity contribution in [3.8, 4) is 5.88 Å². The molecule has 16 heavy (non-hydrogen) atoms. The maximum absolute atomic E-state index is 10.3. The lowest BCUT2D eigenvalue weighted by Gasteiger charge is -2.25. The molecule has 0 radical (unpaired) electrons. The van der Waals surface area contributed by atoms with Crippen LogP contribution in [-0.4, -0.2) is 34.8 Å². The first-order valence-corrected chi connectivity index (χ1v) is 5.28. The van der Waals surface area contributed by atoms with E-state index in [-0.39, 0.29) is 0 Å². The summed E-state index contributed by atoms with van der Waals surface area (Å²) in [4.78, 5) is 8.14. The minimum atomic E-state index is -1.09. The summed E-state index contributed by atoms with van der Waals surface area (Å²) in [7, 11) is 1.51. The van der Waals surface area contributed by atoms with Crippen LogP contribution in [0.3, 0.4) is 0 Å². The fourth-order valence-corrected chi connectivity index (χ4v) is 1.33. The first-order chi connectivity index (χ1) is 7.47. The van der Waals surface area contributed by atoms with Crippen molar-refractivity contribution in [2.24, 2.45) is 0 Å². The van der Waals surface area contributed by atoms with E-state index in [4.69, 9.17) is 4.74 Å². The zero-order chi connectivity index (χ0) is 12.2. The summed E-state index contributed by atoms with van der Waals surface area (Å²) < 4.78 is 5.08. The van der Waals surface area contributed by atoms with Gasteiger partial charge in [0.25, 0.3) is 0 Å². The molecule has 2 N–H and O–H groups in total. The Bertz CT molecular complexity index is 340. The lowest BCUT2D eigenvalue weighted by molar-refractivity contribution is 0.0470. The van der Waals surface area contributed by atoms with Gasteiger partial charge in [-0.3, -0.25) is 4.98 Å². The molecule has 0 fully saturated rings. The number of aromatic nitrogens is 2. The SMILES string of the molecule is COc1nccnc1C(C)(O)CNC(C)C. The third-order valence-corrected chi connectivity index (χ3v) is 2.22. The average Bonchev–Trinajstić information content (AvgIpc) is 2.26. The van der Waals surface area contributed by atoms with Crippen LogP contribution in [0.1, 0.15) is 26.5 Å². The molecular formula is C11H19N3O2. The van der Waals surface area contributed by atoms with Crippen LogP contribution in [-0.2, 0) is 5.60 Å². The predicted octanol–water partition coefficient (Wildman–Crippen LogP) is 0.691. The van der Waals surface area contributed by atoms with Crippen molar-refractivity contribution in [1.82, 2.24) is 15.3 Å². The van der Waals surface area contributed by atoms with E-state index >= 15 is 0 Å². The highest BCUT2D eigenvalue weighted by atomic mass is 16.5. The summed E-state index contributed by atoms with van der Waals surface area (Å²) in [6, 6.07) is 0.300. The van der Waals surface area contributed by atoms with Gasteiger partial charge in [-0.05, 0) is 6.92 Å². The van der Waals surface area contributed by atoms with Crippen molar-refractivity contribution in [3.05, 3.63) is 18.1 Å². The van der Waals surface area contributed by atoms with Gasteiger partial charge in [0.15, 0.2) is 0 Å². The van der Waals surface area contributed by atoms with Gasteiger partial charge in [0.05, 0.1) is 7.11 Å². The Hall–Kier alpha value is -1.20. The highest BCUT2D eigenvalue weighted by Gasteiger charge is 2.29. The van der Waals surface area contributed by atoms with Crippen molar-refractivity contribution < 1.29 is 9.84 Å². The van der Waals surface area contributed by atoms with E-state index in [1.807, 2.05) is 13.8 Å². The van der Waals surface area contributed by atoms with E-state index in [1.165, 1.54) is 13.3 Å². The maximum Gasteiger partial charge on any atom is 0.238 e. The Labute approximate surface area is 95.9 Å². The zero-order valence-corrected chi connectivity index (χ0v) is 10.2. The van der Waals surface area contributed by atoms with Gasteiger partial charge in [0.2, 0.25) is 5.88 Å². The molecule has 0 bridgehead atoms. The molecule has 0 saturated heterocycles. The van der Waals surface area contributed by atoms with Crippen molar-refractivity contribution in [2.75, 3.05) is 13.7 Å². The summed E-state index contributed by atoms with van der Waals surface area (Å²) in [6.07, 6.45) is 3.08. The van der Waals surface area contributed by atoms with E-state index in [1.54, 1.807) is 13.1 Å². The first-order valence-electron chi connectivity index (χ1n) is 5.28. The fraction of sp³-hybridized carbons (Fsp3) is 0.636. The van der Waals surface area contributed by atoms with Gasteiger partial charge in [-0.25, -0.2) is 4.98 Å². The minimum absolute atomic E-state index is 0.300. The molecular weight excluding hydrogens is 206 g/mol. The number of methoxy groups -OCH3 is 1. The van der Waals surface area contributed by atoms with Crippen LogP contribution in [0.2, 0.25) is 0 Å². The molecule has 5 heteroatoms. The number of aliphatic hydroxyl groups is 1. The van der Waals surface area contributed by atoms with Gasteiger partial charge in [0.1, 0.15) is 11.3 Å². The molecule has 1 heterocycles. The van der Waals surface area contributed by atoms with E-state index in [9.17, 15) is 5.11 Å². The van der Waals surface area contributed by atoms with Crippen LogP contribution >= 0.6 is 0 Å². The van der Waals surface area contributed by atoms with Gasteiger partial charge >= 0.3 is 0 Å². The molecule has 0 spiro atoms. The van der Waals surface area contributed by atoms with Gasteiger partial charge < -0.3 is 15.2 Å². The smallest absolute Gasteiger partial charge is 0.238 e. The second kappa shape index (κ2) is 5.23. The standard InChI is InChI=1S/C11H19N3O2/c1-8(2)14-7-11(3,15)9-10(16-4)13-6-5-12-9/h5-6,8,14-15H,7H2,1-4H3. The van der Waals surface area contributed by atoms with Crippen LogP contribution < -0.4 is 10.1 Å². The van der Waals surface area contributed by atoms with E-state index in [2.05, 4.69) is 15.3 Å². The van der Waals surface area contributed by atoms with Crippen molar-refractivity contribution in [2.45, 2.75) is 32.4 Å².